The Kier molecular flexibility index (Phi) is 94.4. The zero-order valence-corrected chi connectivity index (χ0v) is 91.9. The number of nitrogens with two attached hydrogens (primary N) is 2. The van der Waals surface area contributed by atoms with Crippen molar-refractivity contribution in [3.05, 3.63) is 347 Å². The number of aromatic hydroxyl groups is 2. The summed E-state index contributed by atoms with van der Waals surface area (Å²) in [6.07, 6.45) is 5.83. The van der Waals surface area contributed by atoms with Crippen LogP contribution in [0.2, 0.25) is 0 Å². The van der Waals surface area contributed by atoms with Crippen molar-refractivity contribution in [2.75, 3.05) is 45.1 Å². The quantitative estimate of drug-likeness (QED) is 0.00188. The molecule has 0 radical (unpaired) electrons. The van der Waals surface area contributed by atoms with Gasteiger partial charge in [0.2, 0.25) is 23.5 Å². The first kappa shape index (κ1) is 146. The first-order valence-electron chi connectivity index (χ1n) is 41.1. The summed E-state index contributed by atoms with van der Waals surface area (Å²) in [5.41, 5.74) is 18.7. The molecule has 0 heterocycles. The molecule has 0 aromatic heterocycles. The number of anilines is 1. The standard InChI is InChI=1S/C18H18FNO2.C17H16FNO3.C12H13FO3.C8H11N.C8H19N.C7H7Br.C7H6FNO2.C7H8FN.C6H4FNO3.C4H5ClO3.C2H4O2.CH2O3.CH2O2.BrH.Fe.2K.H3N.H2.H/c1-13-7-8-15(11-16(13)19)12-17(21)18(22)20-10-9-14-5-3-2-4-6-14;18-14-10-13(6-7-15(14)20)11-16(21)17(22)19-9-8-12-4-2-1-3-5-12;1-3-16-12(15)11(14)7-9-5-4-8(2)10(13)6-9;9-7-6-8-4-2-1-3-5-8;1-6-9(7(2)3)8(4)5;8-6-7-4-2-1-3-5-7;1-5-2-3-6(9(10)11)4-7(5)8;1-5-2-3-6(9)4-7(5)8;7-5-3-4(8(10)11)1-2-6(5)9;1-2-7-8-4-3-6-5;1-2(3)4;2-1-4-3;2-1-3;;;;;;;/h2-8,11H,9-10,12H2,1H3,(H,20,22);1-7,10,20H,8-9,11H2,(H,19,22);4-6H,3,7H2,1-2H3;1-5H,6-7,9H2;7-8H,6H2,1-5H3;1-5H,6H2;2-4H,1H3;2-4H,9H2,1H3;1-3,9H;2H2,1H3;1H3,(H,3,4);1,3H;1H,(H,2,3);1H;;;;1H3;1H;/q;;;;;;;;;;;;;;;2*+1;;;-1/p-1/i;;;;;;;;;;;;;;;;;;1+1;. The number of ketones is 3. The number of benzene rings is 10. The molecule has 0 bridgehead atoms. The third-order valence-corrected chi connectivity index (χ3v) is 17.4. The Morgan fingerprint density at radius 1 is 0.525 bits per heavy atom. The Labute approximate surface area is 939 Å². The molecule has 0 unspecified atom stereocenters. The maximum atomic E-state index is 13.4. The predicted molar refractivity (Wildman–Crippen MR) is 524 cm³/mol. The molecule has 0 atom stereocenters. The van der Waals surface area contributed by atoms with Crippen LogP contribution in [0, 0.1) is 95.0 Å². The van der Waals surface area contributed by atoms with Crippen LogP contribution in [-0.4, -0.2) is 141 Å². The van der Waals surface area contributed by atoms with E-state index in [2.05, 4.69) is 126 Å². The normalized spacial score (nSPS) is 9.11. The van der Waals surface area contributed by atoms with E-state index in [1.54, 1.807) is 77.9 Å². The molecule has 2 amide bonds. The minimum Gasteiger partial charge on any atom is -1.00 e. The number of carbonyl (C=O) groups excluding carboxylic acids is 7. The number of aryl methyl sites for hydroxylation is 4. The van der Waals surface area contributed by atoms with Crippen molar-refractivity contribution < 1.29 is 251 Å². The van der Waals surface area contributed by atoms with Crippen LogP contribution in [0.25, 0.3) is 0 Å². The fraction of sp³-hybridized carbons (Fsp3) is 0.276. The van der Waals surface area contributed by atoms with Gasteiger partial charge in [0.25, 0.3) is 42.1 Å². The number of carboxylic acids is 1. The van der Waals surface area contributed by atoms with Gasteiger partial charge >= 0.3 is 109 Å². The molecule has 10 aromatic rings. The molecule has 10 aromatic carbocycles. The number of ether oxygens (including phenoxy) is 1. The third-order valence-electron chi connectivity index (χ3n) is 16.7. The Hall–Kier alpha value is -10.2. The number of halogens is 9. The zero-order chi connectivity index (χ0) is 103. The summed E-state index contributed by atoms with van der Waals surface area (Å²) < 4.78 is 85.6. The number of hydrogen-bond donors (Lipinski definition) is 9. The van der Waals surface area contributed by atoms with Crippen molar-refractivity contribution in [2.24, 2.45) is 5.73 Å². The number of aliphatic carboxylic acids is 1. The predicted octanol–water partition coefficient (Wildman–Crippen LogP) is 11.9. The number of nitro groups is 2. The number of rotatable bonds is 27. The SMILES string of the molecule is Br.BrCc1ccccc1.CC(=O)O.CCN(C(C)C)C(C)C.CCOC(=O)C(=O)Cc1ccc(C)c(F)c1.CCOOC#COCl.Cc1ccc(CC(=O)C(=O)NCCc2ccccc2)cc1F.Cc1ccc(N)cc1F.Cc1ccc([N+](=O)[O-])cc1F.N.NCCc1ccccc1.O=C(Cc1ccc(O)c(F)c1)C(=O)NCCc1ccccc1.O=CO.O=CO[O-].O=[N+]([O-])c1ccc(O)c(F)c1.[2HH].[Fe].[H-].[K+].[K+]. The van der Waals surface area contributed by atoms with Crippen molar-refractivity contribution in [1.29, 1.82) is 0 Å². The van der Waals surface area contributed by atoms with Crippen LogP contribution in [-0.2, 0) is 128 Å². The summed E-state index contributed by atoms with van der Waals surface area (Å²) in [6, 6.07) is 64.7. The number of Topliss-reactive ketones (excluding diaryl/α,β-unsaturated/α-hetero) is 3. The van der Waals surface area contributed by atoms with E-state index in [1.165, 1.54) is 47.5 Å². The Morgan fingerprint density at radius 2 is 0.837 bits per heavy atom. The van der Waals surface area contributed by atoms with Gasteiger partial charge in [-0.05, 0) is 211 Å². The van der Waals surface area contributed by atoms with Gasteiger partial charge in [-0.15, -0.1) is 17.0 Å². The molecule has 31 nitrogen and oxygen atoms in total. The summed E-state index contributed by atoms with van der Waals surface area (Å²) in [7, 11) is 0. The van der Waals surface area contributed by atoms with Crippen molar-refractivity contribution in [2.45, 2.75) is 139 Å². The second kappa shape index (κ2) is 91.0. The zero-order valence-electron chi connectivity index (χ0n) is 81.5. The number of phenols is 2. The summed E-state index contributed by atoms with van der Waals surface area (Å²) >= 11 is 8.03. The van der Waals surface area contributed by atoms with Crippen molar-refractivity contribution >= 4 is 116 Å². The first-order chi connectivity index (χ1) is 64.5. The molecule has 0 saturated heterocycles. The molecule has 0 aliphatic heterocycles. The van der Waals surface area contributed by atoms with Crippen LogP contribution in [0.5, 0.6) is 11.5 Å². The molecule has 764 valence electrons. The average Bonchev–Trinajstić information content (AvgIpc) is 0.896. The van der Waals surface area contributed by atoms with E-state index < -0.39 is 79.9 Å². The van der Waals surface area contributed by atoms with Crippen LogP contribution in [0.15, 0.2) is 231 Å². The summed E-state index contributed by atoms with van der Waals surface area (Å²) in [4.78, 5) is 128. The van der Waals surface area contributed by atoms with Crippen LogP contribution < -0.4 is 136 Å². The number of nitro benzene ring substituents is 2. The number of hydrogen-bond acceptors (Lipinski definition) is 25. The van der Waals surface area contributed by atoms with Crippen molar-refractivity contribution in [3.63, 3.8) is 0 Å². The maximum absolute atomic E-state index is 13.4. The molecule has 141 heavy (non-hydrogen) atoms. The second-order valence-corrected chi connectivity index (χ2v) is 28.5. The molecule has 0 aliphatic carbocycles. The number of esters is 1. The smallest absolute Gasteiger partial charge is 1.00 e. The van der Waals surface area contributed by atoms with Gasteiger partial charge in [-0.1, -0.05) is 181 Å². The van der Waals surface area contributed by atoms with E-state index in [0.29, 0.717) is 95.3 Å². The number of nitrogens with one attached hydrogen (secondary N) is 2. The molecule has 0 fully saturated rings. The molecular weight excluding hydrogens is 2100 g/mol. The van der Waals surface area contributed by atoms with Gasteiger partial charge in [-0.25, -0.2) is 31.1 Å². The van der Waals surface area contributed by atoms with Crippen molar-refractivity contribution in [3.8, 4) is 23.7 Å². The van der Waals surface area contributed by atoms with Gasteiger partial charge in [0.05, 0.1) is 35.2 Å². The minimum absolute atomic E-state index is 0. The van der Waals surface area contributed by atoms with Gasteiger partial charge < -0.3 is 69.3 Å². The molecule has 0 saturated carbocycles. The van der Waals surface area contributed by atoms with Crippen LogP contribution >= 0.6 is 44.8 Å². The molecule has 0 aliphatic rings. The third kappa shape index (κ3) is 75.3. The number of phenolic OH excluding ortho intramolecular Hbond substituents is 2. The fourth-order valence-electron chi connectivity index (χ4n) is 10.0. The Morgan fingerprint density at radius 3 is 1.12 bits per heavy atom. The van der Waals surface area contributed by atoms with E-state index in [4.69, 9.17) is 51.5 Å². The maximum Gasteiger partial charge on any atom is 1.00 e. The number of alkyl halides is 1. The average molecular weight is 2220 g/mol. The first-order valence-corrected chi connectivity index (χ1v) is 42.5. The number of non-ortho nitro benzene ring substituents is 2. The molecule has 10 rings (SSSR count). The minimum atomic E-state index is -0.987. The molecule has 43 heteroatoms. The van der Waals surface area contributed by atoms with Gasteiger partial charge in [0.15, 0.2) is 29.2 Å². The summed E-state index contributed by atoms with van der Waals surface area (Å²) in [6.45, 7) is 25.0. The Bertz CT molecular complexity index is 5110. The number of amides is 2. The van der Waals surface area contributed by atoms with Gasteiger partial charge in [0, 0.05) is 93.0 Å². The number of nitrogen functional groups attached to an aromatic ring is 1. The monoisotopic (exact) mass is 2220 g/mol. The number of nitrogens with zero attached hydrogens (tertiary/aromatic N) is 3. The molecule has 0 spiro atoms. The van der Waals surface area contributed by atoms with Crippen LogP contribution in [0.1, 0.15) is 119 Å². The summed E-state index contributed by atoms with van der Waals surface area (Å²) in [5, 5.41) is 66.7. The Balaban J connectivity index is -0.000000172. The van der Waals surface area contributed by atoms with Crippen molar-refractivity contribution in [1.82, 2.24) is 21.7 Å². The van der Waals surface area contributed by atoms with Crippen LogP contribution in [0.4, 0.5) is 43.4 Å². The van der Waals surface area contributed by atoms with Gasteiger partial charge in [0.1, 0.15) is 35.1 Å². The van der Waals surface area contributed by atoms with Gasteiger partial charge in [-0.3, -0.25) is 68.4 Å². The molecular formula is C98H121Br2ClF6FeK2N8O23. The largest absolute Gasteiger partial charge is 1.00 e. The topological polar surface area (TPSA) is 504 Å². The number of carboxylic acid groups (broad SMARTS) is 2. The van der Waals surface area contributed by atoms with E-state index in [1.807, 2.05) is 109 Å². The summed E-state index contributed by atoms with van der Waals surface area (Å²) in [5.74, 6) is -9.28. The second-order valence-electron chi connectivity index (χ2n) is 27.8. The van der Waals surface area contributed by atoms with E-state index in [9.17, 15) is 75.3 Å². The van der Waals surface area contributed by atoms with Gasteiger partial charge in [-0.2, -0.15) is 4.89 Å². The van der Waals surface area contributed by atoms with Crippen LogP contribution in [0.3, 0.4) is 0 Å². The van der Waals surface area contributed by atoms with E-state index in [-0.39, 0.29) is 213 Å². The fourth-order valence-corrected chi connectivity index (χ4v) is 10.4. The number of carbonyl (C=O) groups is 9. The van der Waals surface area contributed by atoms with E-state index >= 15 is 0 Å². The molecule has 13 N–H and O–H groups in total. The van der Waals surface area contributed by atoms with E-state index in [0.717, 1.165) is 73.2 Å².